The zero-order valence-electron chi connectivity index (χ0n) is 12.7. The smallest absolute Gasteiger partial charge is 0.123 e. The maximum Gasteiger partial charge on any atom is 0.123 e. The molecule has 0 saturated carbocycles. The van der Waals surface area contributed by atoms with E-state index in [1.165, 1.54) is 30.2 Å². The van der Waals surface area contributed by atoms with E-state index in [9.17, 15) is 4.39 Å². The molecule has 0 spiro atoms. The number of likely N-dealkylation sites (N-methyl/N-ethyl adjacent to an activating group) is 1. The second-order valence-electron chi connectivity index (χ2n) is 6.42. The van der Waals surface area contributed by atoms with Gasteiger partial charge in [0.15, 0.2) is 0 Å². The van der Waals surface area contributed by atoms with Gasteiger partial charge in [-0.05, 0) is 55.3 Å². The Morgan fingerprint density at radius 2 is 1.82 bits per heavy atom. The number of rotatable bonds is 1. The molecular formula is C19H21ClFN. The lowest BCUT2D eigenvalue weighted by atomic mass is 9.71. The first-order valence-electron chi connectivity index (χ1n) is 7.78. The Labute approximate surface area is 137 Å². The second kappa shape index (κ2) is 6.02. The van der Waals surface area contributed by atoms with Gasteiger partial charge in [-0.25, -0.2) is 4.39 Å². The molecule has 4 rings (SSSR count). The third-order valence-electron chi connectivity index (χ3n) is 5.32. The van der Waals surface area contributed by atoms with Gasteiger partial charge >= 0.3 is 0 Å². The minimum absolute atomic E-state index is 0. The lowest BCUT2D eigenvalue weighted by molar-refractivity contribution is 0.265. The van der Waals surface area contributed by atoms with Crippen LogP contribution in [0.2, 0.25) is 0 Å². The molecule has 2 aromatic carbocycles. The van der Waals surface area contributed by atoms with Crippen LogP contribution in [0.3, 0.4) is 0 Å². The average molecular weight is 318 g/mol. The number of halogens is 2. The molecule has 116 valence electrons. The molecule has 1 aliphatic heterocycles. The van der Waals surface area contributed by atoms with Gasteiger partial charge in [0, 0.05) is 17.9 Å². The van der Waals surface area contributed by atoms with Crippen molar-refractivity contribution in [3.63, 3.8) is 0 Å². The topological polar surface area (TPSA) is 3.24 Å². The molecule has 1 saturated heterocycles. The molecule has 1 nitrogen and oxygen atoms in total. The van der Waals surface area contributed by atoms with Crippen molar-refractivity contribution in [2.75, 3.05) is 13.6 Å². The SMILES string of the molecule is CN1CC[C@@H]2c3ccccc3[C@H](c3cccc(F)c3)C[C@@H]21.Cl. The predicted octanol–water partition coefficient (Wildman–Crippen LogP) is 4.57. The molecule has 22 heavy (non-hydrogen) atoms. The maximum absolute atomic E-state index is 13.6. The normalized spacial score (nSPS) is 26.9. The van der Waals surface area contributed by atoms with Gasteiger partial charge in [0.05, 0.1) is 0 Å². The Morgan fingerprint density at radius 1 is 1.05 bits per heavy atom. The molecule has 2 aliphatic rings. The van der Waals surface area contributed by atoms with Crippen molar-refractivity contribution in [2.24, 2.45) is 0 Å². The predicted molar refractivity (Wildman–Crippen MR) is 90.3 cm³/mol. The Morgan fingerprint density at radius 3 is 2.59 bits per heavy atom. The highest BCUT2D eigenvalue weighted by molar-refractivity contribution is 5.85. The highest BCUT2D eigenvalue weighted by Gasteiger charge is 2.40. The molecule has 1 heterocycles. The number of hydrogen-bond donors (Lipinski definition) is 0. The van der Waals surface area contributed by atoms with Crippen LogP contribution in [-0.4, -0.2) is 24.5 Å². The molecule has 1 aliphatic carbocycles. The first-order chi connectivity index (χ1) is 10.2. The van der Waals surface area contributed by atoms with Crippen LogP contribution in [0.25, 0.3) is 0 Å². The number of nitrogens with zero attached hydrogens (tertiary/aromatic N) is 1. The van der Waals surface area contributed by atoms with Gasteiger partial charge in [-0.2, -0.15) is 0 Å². The number of benzene rings is 2. The van der Waals surface area contributed by atoms with E-state index in [1.54, 1.807) is 6.07 Å². The summed E-state index contributed by atoms with van der Waals surface area (Å²) in [6.45, 7) is 1.17. The summed E-state index contributed by atoms with van der Waals surface area (Å²) < 4.78 is 13.6. The molecular weight excluding hydrogens is 297 g/mol. The molecule has 1 fully saturated rings. The van der Waals surface area contributed by atoms with Gasteiger partial charge in [-0.15, -0.1) is 12.4 Å². The monoisotopic (exact) mass is 317 g/mol. The Hall–Kier alpha value is -1.38. The Kier molecular flexibility index (Phi) is 4.24. The van der Waals surface area contributed by atoms with Crippen molar-refractivity contribution in [1.29, 1.82) is 0 Å². The fourth-order valence-corrected chi connectivity index (χ4v) is 4.29. The van der Waals surface area contributed by atoms with Crippen LogP contribution in [0.4, 0.5) is 4.39 Å². The van der Waals surface area contributed by atoms with Gasteiger partial charge in [-0.3, -0.25) is 0 Å². The first kappa shape index (κ1) is 15.5. The summed E-state index contributed by atoms with van der Waals surface area (Å²) >= 11 is 0. The molecule has 0 N–H and O–H groups in total. The van der Waals surface area contributed by atoms with Crippen LogP contribution in [0, 0.1) is 5.82 Å². The zero-order valence-corrected chi connectivity index (χ0v) is 13.5. The van der Waals surface area contributed by atoms with Crippen LogP contribution in [0.5, 0.6) is 0 Å². The van der Waals surface area contributed by atoms with E-state index < -0.39 is 0 Å². The van der Waals surface area contributed by atoms with E-state index in [4.69, 9.17) is 0 Å². The minimum atomic E-state index is -0.133. The van der Waals surface area contributed by atoms with Crippen LogP contribution in [0.15, 0.2) is 48.5 Å². The van der Waals surface area contributed by atoms with Crippen molar-refractivity contribution in [3.05, 3.63) is 71.0 Å². The highest BCUT2D eigenvalue weighted by atomic mass is 35.5. The molecule has 0 aromatic heterocycles. The van der Waals surface area contributed by atoms with E-state index in [0.29, 0.717) is 17.9 Å². The third-order valence-corrected chi connectivity index (χ3v) is 5.32. The molecule has 0 unspecified atom stereocenters. The fraction of sp³-hybridized carbons (Fsp3) is 0.368. The van der Waals surface area contributed by atoms with Crippen LogP contribution >= 0.6 is 12.4 Å². The summed E-state index contributed by atoms with van der Waals surface area (Å²) in [5.41, 5.74) is 3.99. The number of likely N-dealkylation sites (tertiary alicyclic amines) is 1. The quantitative estimate of drug-likeness (QED) is 0.744. The third kappa shape index (κ3) is 2.45. The van der Waals surface area contributed by atoms with Crippen LogP contribution in [-0.2, 0) is 0 Å². The summed E-state index contributed by atoms with van der Waals surface area (Å²) in [4.78, 5) is 2.48. The van der Waals surface area contributed by atoms with Crippen LogP contribution in [0.1, 0.15) is 41.4 Å². The van der Waals surface area contributed by atoms with Crippen molar-refractivity contribution in [2.45, 2.75) is 30.7 Å². The van der Waals surface area contributed by atoms with E-state index in [2.05, 4.69) is 42.3 Å². The van der Waals surface area contributed by atoms with Gasteiger partial charge < -0.3 is 4.90 Å². The zero-order chi connectivity index (χ0) is 14.4. The summed E-state index contributed by atoms with van der Waals surface area (Å²) in [5, 5.41) is 0. The summed E-state index contributed by atoms with van der Waals surface area (Å²) in [7, 11) is 2.22. The molecule has 0 amide bonds. The van der Waals surface area contributed by atoms with Crippen molar-refractivity contribution >= 4 is 12.4 Å². The summed E-state index contributed by atoms with van der Waals surface area (Å²) in [6, 6.07) is 16.5. The van der Waals surface area contributed by atoms with Gasteiger partial charge in [0.1, 0.15) is 5.82 Å². The van der Waals surface area contributed by atoms with Crippen LogP contribution < -0.4 is 0 Å². The van der Waals surface area contributed by atoms with E-state index in [0.717, 1.165) is 12.0 Å². The second-order valence-corrected chi connectivity index (χ2v) is 6.42. The molecule has 2 aromatic rings. The Balaban J connectivity index is 0.00000144. The van der Waals surface area contributed by atoms with Gasteiger partial charge in [0.25, 0.3) is 0 Å². The summed E-state index contributed by atoms with van der Waals surface area (Å²) in [5.74, 6) is 0.835. The maximum atomic E-state index is 13.6. The number of fused-ring (bicyclic) bond motifs is 3. The highest BCUT2D eigenvalue weighted by Crippen LogP contribution is 2.47. The molecule has 0 radical (unpaired) electrons. The van der Waals surface area contributed by atoms with E-state index >= 15 is 0 Å². The lowest BCUT2D eigenvalue weighted by Crippen LogP contribution is -2.34. The lowest BCUT2D eigenvalue weighted by Gasteiger charge is -2.37. The van der Waals surface area contributed by atoms with Gasteiger partial charge in [0.2, 0.25) is 0 Å². The fourth-order valence-electron chi connectivity index (χ4n) is 4.29. The van der Waals surface area contributed by atoms with Crippen molar-refractivity contribution < 1.29 is 4.39 Å². The first-order valence-corrected chi connectivity index (χ1v) is 7.78. The standard InChI is InChI=1S/C19H20FN.ClH/c1-21-10-9-17-15-7-2-3-8-16(15)18(12-19(17)21)13-5-4-6-14(20)11-13;/h2-8,11,17-19H,9-10,12H2,1H3;1H/t17-,18+,19+;/m1./s1. The van der Waals surface area contributed by atoms with Crippen molar-refractivity contribution in [1.82, 2.24) is 4.90 Å². The minimum Gasteiger partial charge on any atom is -0.303 e. The number of hydrogen-bond acceptors (Lipinski definition) is 1. The molecule has 3 heteroatoms. The van der Waals surface area contributed by atoms with Crippen molar-refractivity contribution in [3.8, 4) is 0 Å². The average Bonchev–Trinajstić information content (AvgIpc) is 2.88. The largest absolute Gasteiger partial charge is 0.303 e. The van der Waals surface area contributed by atoms with Gasteiger partial charge in [-0.1, -0.05) is 36.4 Å². The van der Waals surface area contributed by atoms with E-state index in [1.807, 2.05) is 6.07 Å². The van der Waals surface area contributed by atoms with E-state index in [-0.39, 0.29) is 18.2 Å². The molecule has 0 bridgehead atoms. The summed E-state index contributed by atoms with van der Waals surface area (Å²) in [6.07, 6.45) is 2.34. The molecule has 3 atom stereocenters. The Bertz CT molecular complexity index is 672.